The van der Waals surface area contributed by atoms with E-state index in [-0.39, 0.29) is 11.7 Å². The Balaban J connectivity index is 1.25. The van der Waals surface area contributed by atoms with E-state index in [1.165, 1.54) is 0 Å². The molecule has 0 atom stereocenters. The number of amides is 1. The number of nitrogens with zero attached hydrogens (tertiary/aromatic N) is 5. The third-order valence-electron chi connectivity index (χ3n) is 6.74. The third-order valence-corrected chi connectivity index (χ3v) is 6.74. The van der Waals surface area contributed by atoms with Crippen LogP contribution in [0.2, 0.25) is 0 Å². The number of rotatable bonds is 4. The highest BCUT2D eigenvalue weighted by molar-refractivity contribution is 6.28. The molecule has 6 rings (SSSR count). The maximum atomic E-state index is 13.1. The van der Waals surface area contributed by atoms with Gasteiger partial charge in [0.05, 0.1) is 12.1 Å². The second kappa shape index (κ2) is 8.07. The zero-order valence-corrected chi connectivity index (χ0v) is 18.9. The number of hydrogen-bond donors (Lipinski definition) is 1. The number of carbonyl (C=O) groups is 2. The van der Waals surface area contributed by atoms with Crippen LogP contribution in [0.15, 0.2) is 60.9 Å². The standard InChI is InChI=1S/C26H24N6O2/c1-30-20-9-4-8-19-22(20)23(17-6-2-3-7-18(17)24(19)34)25(30)29-21(33)16-31-12-14-32(15-13-31)26-27-10-5-11-28-26/h2-11H,12-16H2,1H3,(H,29,33). The van der Waals surface area contributed by atoms with Gasteiger partial charge in [-0.15, -0.1) is 0 Å². The summed E-state index contributed by atoms with van der Waals surface area (Å²) in [7, 11) is 1.93. The SMILES string of the molecule is Cn1c(NC(=O)CN2CCN(c3ncccn3)CC2)c2c3c(cccc31)C(=O)c1ccccc1-2. The van der Waals surface area contributed by atoms with Crippen molar-refractivity contribution in [1.29, 1.82) is 0 Å². The van der Waals surface area contributed by atoms with E-state index in [9.17, 15) is 9.59 Å². The van der Waals surface area contributed by atoms with Crippen molar-refractivity contribution in [1.82, 2.24) is 19.4 Å². The Labute approximate surface area is 196 Å². The molecule has 1 saturated heterocycles. The van der Waals surface area contributed by atoms with Crippen LogP contribution in [0.1, 0.15) is 15.9 Å². The van der Waals surface area contributed by atoms with Crippen LogP contribution in [-0.4, -0.2) is 63.8 Å². The largest absolute Gasteiger partial charge is 0.338 e. The lowest BCUT2D eigenvalue weighted by molar-refractivity contribution is -0.117. The molecule has 0 spiro atoms. The molecule has 1 N–H and O–H groups in total. The van der Waals surface area contributed by atoms with Gasteiger partial charge in [-0.3, -0.25) is 14.5 Å². The van der Waals surface area contributed by atoms with Gasteiger partial charge in [-0.05, 0) is 17.7 Å². The molecule has 0 radical (unpaired) electrons. The van der Waals surface area contributed by atoms with Gasteiger partial charge in [0.25, 0.3) is 0 Å². The Morgan fingerprint density at radius 2 is 1.62 bits per heavy atom. The third kappa shape index (κ3) is 3.26. The molecule has 0 unspecified atom stereocenters. The van der Waals surface area contributed by atoms with E-state index in [1.807, 2.05) is 60.1 Å². The normalized spacial score (nSPS) is 15.4. The van der Waals surface area contributed by atoms with Gasteiger partial charge in [-0.2, -0.15) is 0 Å². The molecule has 2 aromatic carbocycles. The average Bonchev–Trinajstić information content (AvgIpc) is 3.15. The van der Waals surface area contributed by atoms with Crippen molar-refractivity contribution in [2.75, 3.05) is 42.9 Å². The van der Waals surface area contributed by atoms with E-state index < -0.39 is 0 Å². The number of hydrogen-bond acceptors (Lipinski definition) is 6. The van der Waals surface area contributed by atoms with E-state index in [0.717, 1.165) is 60.0 Å². The summed E-state index contributed by atoms with van der Waals surface area (Å²) in [6.07, 6.45) is 3.49. The number of aryl methyl sites for hydroxylation is 1. The smallest absolute Gasteiger partial charge is 0.239 e. The zero-order chi connectivity index (χ0) is 23.2. The average molecular weight is 453 g/mol. The summed E-state index contributed by atoms with van der Waals surface area (Å²) in [5.41, 5.74) is 4.07. The van der Waals surface area contributed by atoms with Crippen LogP contribution in [0.5, 0.6) is 0 Å². The van der Waals surface area contributed by atoms with Gasteiger partial charge in [0.2, 0.25) is 11.9 Å². The van der Waals surface area contributed by atoms with Gasteiger partial charge in [0.15, 0.2) is 5.78 Å². The minimum Gasteiger partial charge on any atom is -0.338 e. The fourth-order valence-corrected chi connectivity index (χ4v) is 5.07. The number of ketones is 1. The molecule has 0 saturated carbocycles. The summed E-state index contributed by atoms with van der Waals surface area (Å²) >= 11 is 0. The van der Waals surface area contributed by atoms with Crippen LogP contribution in [0.25, 0.3) is 22.0 Å². The van der Waals surface area contributed by atoms with Gasteiger partial charge in [0, 0.05) is 67.7 Å². The van der Waals surface area contributed by atoms with Crippen LogP contribution >= 0.6 is 0 Å². The molecule has 170 valence electrons. The molecule has 2 aromatic heterocycles. The number of carbonyl (C=O) groups excluding carboxylic acids is 2. The Hall–Kier alpha value is -4.04. The van der Waals surface area contributed by atoms with Crippen LogP contribution in [0.3, 0.4) is 0 Å². The van der Waals surface area contributed by atoms with E-state index in [0.29, 0.717) is 17.7 Å². The molecule has 1 amide bonds. The Morgan fingerprint density at radius 3 is 2.38 bits per heavy atom. The minimum absolute atomic E-state index is 0.0254. The quantitative estimate of drug-likeness (QED) is 0.452. The molecule has 8 heteroatoms. The van der Waals surface area contributed by atoms with Crippen molar-refractivity contribution < 1.29 is 9.59 Å². The Bertz CT molecular complexity index is 1420. The zero-order valence-electron chi connectivity index (χ0n) is 18.9. The first-order chi connectivity index (χ1) is 16.6. The first kappa shape index (κ1) is 20.6. The van der Waals surface area contributed by atoms with Crippen LogP contribution in [0, 0.1) is 0 Å². The van der Waals surface area contributed by atoms with Gasteiger partial charge in [0.1, 0.15) is 5.82 Å². The molecule has 1 fully saturated rings. The lowest BCUT2D eigenvalue weighted by Crippen LogP contribution is -2.49. The topological polar surface area (TPSA) is 83.4 Å². The highest BCUT2D eigenvalue weighted by Gasteiger charge is 2.31. The number of fused-ring (bicyclic) bond motifs is 2. The fourth-order valence-electron chi connectivity index (χ4n) is 5.07. The molecule has 1 aliphatic heterocycles. The summed E-state index contributed by atoms with van der Waals surface area (Å²) in [5, 5.41) is 4.06. The van der Waals surface area contributed by atoms with Gasteiger partial charge >= 0.3 is 0 Å². The van der Waals surface area contributed by atoms with Gasteiger partial charge in [-0.25, -0.2) is 9.97 Å². The first-order valence-electron chi connectivity index (χ1n) is 11.4. The molecule has 8 nitrogen and oxygen atoms in total. The minimum atomic E-state index is -0.0671. The Kier molecular flexibility index (Phi) is 4.88. The second-order valence-electron chi connectivity index (χ2n) is 8.72. The maximum absolute atomic E-state index is 13.1. The van der Waals surface area contributed by atoms with E-state index in [4.69, 9.17) is 0 Å². The predicted octanol–water partition coefficient (Wildman–Crippen LogP) is 2.94. The molecule has 3 heterocycles. The molecule has 0 bridgehead atoms. The lowest BCUT2D eigenvalue weighted by Gasteiger charge is -2.34. The van der Waals surface area contributed by atoms with Crippen molar-refractivity contribution in [3.05, 3.63) is 72.1 Å². The summed E-state index contributed by atoms with van der Waals surface area (Å²) in [5.74, 6) is 1.41. The van der Waals surface area contributed by atoms with Crippen LogP contribution in [0.4, 0.5) is 11.8 Å². The van der Waals surface area contributed by atoms with E-state index in [2.05, 4.69) is 25.1 Å². The molecule has 1 aliphatic carbocycles. The Morgan fingerprint density at radius 1 is 0.912 bits per heavy atom. The monoisotopic (exact) mass is 452 g/mol. The molecule has 4 aromatic rings. The molecule has 34 heavy (non-hydrogen) atoms. The van der Waals surface area contributed by atoms with Crippen LogP contribution in [-0.2, 0) is 11.8 Å². The highest BCUT2D eigenvalue weighted by Crippen LogP contribution is 2.45. The summed E-state index contributed by atoms with van der Waals surface area (Å²) in [6.45, 7) is 3.37. The number of aromatic nitrogens is 3. The number of anilines is 2. The van der Waals surface area contributed by atoms with Crippen LogP contribution < -0.4 is 10.2 Å². The van der Waals surface area contributed by atoms with Crippen molar-refractivity contribution in [3.63, 3.8) is 0 Å². The fraction of sp³-hybridized carbons (Fsp3) is 0.231. The molecule has 2 aliphatic rings. The van der Waals surface area contributed by atoms with Crippen molar-refractivity contribution in [2.24, 2.45) is 7.05 Å². The van der Waals surface area contributed by atoms with Crippen molar-refractivity contribution in [2.45, 2.75) is 0 Å². The lowest BCUT2D eigenvalue weighted by atomic mass is 9.85. The van der Waals surface area contributed by atoms with Crippen molar-refractivity contribution >= 4 is 34.4 Å². The van der Waals surface area contributed by atoms with Gasteiger partial charge < -0.3 is 14.8 Å². The number of piperazine rings is 1. The maximum Gasteiger partial charge on any atom is 0.239 e. The van der Waals surface area contributed by atoms with E-state index >= 15 is 0 Å². The molecular weight excluding hydrogens is 428 g/mol. The second-order valence-corrected chi connectivity index (χ2v) is 8.72. The molecular formula is C26H24N6O2. The number of benzene rings is 2. The van der Waals surface area contributed by atoms with Gasteiger partial charge in [-0.1, -0.05) is 36.4 Å². The number of nitrogens with one attached hydrogen (secondary N) is 1. The summed E-state index contributed by atoms with van der Waals surface area (Å²) in [4.78, 5) is 39.2. The predicted molar refractivity (Wildman–Crippen MR) is 131 cm³/mol. The summed E-state index contributed by atoms with van der Waals surface area (Å²) < 4.78 is 1.98. The van der Waals surface area contributed by atoms with Crippen molar-refractivity contribution in [3.8, 4) is 11.1 Å². The first-order valence-corrected chi connectivity index (χ1v) is 11.4. The highest BCUT2D eigenvalue weighted by atomic mass is 16.2. The summed E-state index contributed by atoms with van der Waals surface area (Å²) in [6, 6.07) is 15.2. The van der Waals surface area contributed by atoms with E-state index in [1.54, 1.807) is 12.4 Å².